The number of nitrogens with two attached hydrogens (primary N) is 1. The third-order valence-electron chi connectivity index (χ3n) is 2.50. The minimum atomic E-state index is -0.389. The maximum absolute atomic E-state index is 11.1. The summed E-state index contributed by atoms with van der Waals surface area (Å²) in [6.07, 6.45) is 1.02. The lowest BCUT2D eigenvalue weighted by Crippen LogP contribution is -2.12. The first-order chi connectivity index (χ1) is 6.49. The van der Waals surface area contributed by atoms with Crippen molar-refractivity contribution in [1.82, 2.24) is 4.98 Å². The van der Waals surface area contributed by atoms with Crippen LogP contribution in [0.25, 0.3) is 0 Å². The molecule has 0 aliphatic rings. The SMILES string of the molecule is CCC(C)c1[nH]c(C)c(C(N)=O)c1Br. The zero-order valence-corrected chi connectivity index (χ0v) is 10.2. The van der Waals surface area contributed by atoms with Crippen LogP contribution in [-0.4, -0.2) is 10.9 Å². The smallest absolute Gasteiger partial charge is 0.251 e. The molecule has 1 aromatic rings. The van der Waals surface area contributed by atoms with E-state index in [4.69, 9.17) is 5.73 Å². The fourth-order valence-corrected chi connectivity index (χ4v) is 2.44. The summed E-state index contributed by atoms with van der Waals surface area (Å²) in [4.78, 5) is 14.3. The zero-order chi connectivity index (χ0) is 10.9. The van der Waals surface area contributed by atoms with Crippen molar-refractivity contribution < 1.29 is 4.79 Å². The van der Waals surface area contributed by atoms with Crippen molar-refractivity contribution >= 4 is 21.8 Å². The maximum Gasteiger partial charge on any atom is 0.251 e. The Morgan fingerprint density at radius 2 is 2.21 bits per heavy atom. The van der Waals surface area contributed by atoms with E-state index in [1.165, 1.54) is 0 Å². The molecule has 78 valence electrons. The molecule has 0 radical (unpaired) electrons. The minimum Gasteiger partial charge on any atom is -0.366 e. The number of H-pyrrole nitrogens is 1. The van der Waals surface area contributed by atoms with Gasteiger partial charge in [-0.15, -0.1) is 0 Å². The number of halogens is 1. The molecule has 0 saturated carbocycles. The molecule has 1 rings (SSSR count). The fourth-order valence-electron chi connectivity index (χ4n) is 1.46. The summed E-state index contributed by atoms with van der Waals surface area (Å²) in [5.74, 6) is 0.0105. The molecule has 0 saturated heterocycles. The van der Waals surface area contributed by atoms with Crippen molar-refractivity contribution in [2.45, 2.75) is 33.1 Å². The molecule has 0 aliphatic carbocycles. The second-order valence-corrected chi connectivity index (χ2v) is 4.32. The number of amides is 1. The number of primary amides is 1. The van der Waals surface area contributed by atoms with Gasteiger partial charge in [0.05, 0.1) is 10.0 Å². The van der Waals surface area contributed by atoms with Gasteiger partial charge < -0.3 is 10.7 Å². The predicted octanol–water partition coefficient (Wildman–Crippen LogP) is 2.70. The number of nitrogens with one attached hydrogen (secondary N) is 1. The highest BCUT2D eigenvalue weighted by atomic mass is 79.9. The Hall–Kier alpha value is -0.770. The fraction of sp³-hybridized carbons (Fsp3) is 0.500. The lowest BCUT2D eigenvalue weighted by Gasteiger charge is -2.06. The van der Waals surface area contributed by atoms with Crippen LogP contribution >= 0.6 is 15.9 Å². The molecular formula is C10H15BrN2O. The van der Waals surface area contributed by atoms with E-state index in [0.717, 1.165) is 22.3 Å². The second-order valence-electron chi connectivity index (χ2n) is 3.53. The highest BCUT2D eigenvalue weighted by molar-refractivity contribution is 9.10. The number of carbonyl (C=O) groups is 1. The highest BCUT2D eigenvalue weighted by Gasteiger charge is 2.19. The Morgan fingerprint density at radius 1 is 1.64 bits per heavy atom. The van der Waals surface area contributed by atoms with Crippen LogP contribution in [0.2, 0.25) is 0 Å². The number of carbonyl (C=O) groups excluding carboxylic acids is 1. The summed E-state index contributed by atoms with van der Waals surface area (Å²) in [5.41, 5.74) is 7.74. The maximum atomic E-state index is 11.1. The molecule has 3 nitrogen and oxygen atoms in total. The lowest BCUT2D eigenvalue weighted by atomic mass is 10.1. The summed E-state index contributed by atoms with van der Waals surface area (Å²) in [7, 11) is 0. The van der Waals surface area contributed by atoms with E-state index in [1.54, 1.807) is 0 Å². The van der Waals surface area contributed by atoms with E-state index < -0.39 is 0 Å². The Labute approximate surface area is 92.2 Å². The van der Waals surface area contributed by atoms with E-state index in [9.17, 15) is 4.79 Å². The van der Waals surface area contributed by atoms with E-state index in [2.05, 4.69) is 34.8 Å². The highest BCUT2D eigenvalue weighted by Crippen LogP contribution is 2.31. The van der Waals surface area contributed by atoms with Crippen LogP contribution in [-0.2, 0) is 0 Å². The average Bonchev–Trinajstić information content (AvgIpc) is 2.40. The Bertz CT molecular complexity index is 357. The third-order valence-corrected chi connectivity index (χ3v) is 3.33. The summed E-state index contributed by atoms with van der Waals surface area (Å²) >= 11 is 3.41. The molecule has 0 spiro atoms. The van der Waals surface area contributed by atoms with Crippen LogP contribution < -0.4 is 5.73 Å². The Morgan fingerprint density at radius 3 is 2.57 bits per heavy atom. The standard InChI is InChI=1S/C10H15BrN2O/c1-4-5(2)9-8(11)7(10(12)14)6(3)13-9/h5,13H,4H2,1-3H3,(H2,12,14). The molecule has 1 unspecified atom stereocenters. The van der Waals surface area contributed by atoms with Gasteiger partial charge in [-0.1, -0.05) is 13.8 Å². The van der Waals surface area contributed by atoms with Crippen LogP contribution in [0.1, 0.15) is 47.9 Å². The Kier molecular flexibility index (Phi) is 3.37. The second kappa shape index (κ2) is 4.17. The van der Waals surface area contributed by atoms with Gasteiger partial charge in [0.1, 0.15) is 0 Å². The molecule has 0 bridgehead atoms. The summed E-state index contributed by atoms with van der Waals surface area (Å²) in [6, 6.07) is 0. The number of hydrogen-bond donors (Lipinski definition) is 2. The molecule has 14 heavy (non-hydrogen) atoms. The quantitative estimate of drug-likeness (QED) is 0.861. The zero-order valence-electron chi connectivity index (χ0n) is 8.65. The van der Waals surface area contributed by atoms with Crippen molar-refractivity contribution in [3.8, 4) is 0 Å². The topological polar surface area (TPSA) is 58.9 Å². The molecule has 3 N–H and O–H groups in total. The van der Waals surface area contributed by atoms with E-state index >= 15 is 0 Å². The minimum absolute atomic E-state index is 0.389. The van der Waals surface area contributed by atoms with Gasteiger partial charge in [0.2, 0.25) is 0 Å². The normalized spacial score (nSPS) is 12.9. The first kappa shape index (κ1) is 11.3. The van der Waals surface area contributed by atoms with Crippen LogP contribution in [0.4, 0.5) is 0 Å². The summed E-state index contributed by atoms with van der Waals surface area (Å²) in [5, 5.41) is 0. The first-order valence-electron chi connectivity index (χ1n) is 4.66. The monoisotopic (exact) mass is 258 g/mol. The molecule has 1 amide bonds. The lowest BCUT2D eigenvalue weighted by molar-refractivity contribution is 0.0999. The van der Waals surface area contributed by atoms with Crippen molar-refractivity contribution in [2.75, 3.05) is 0 Å². The number of aromatic nitrogens is 1. The van der Waals surface area contributed by atoms with Crippen LogP contribution in [0.5, 0.6) is 0 Å². The van der Waals surface area contributed by atoms with Gasteiger partial charge in [-0.05, 0) is 35.2 Å². The molecule has 0 fully saturated rings. The van der Waals surface area contributed by atoms with Crippen molar-refractivity contribution in [3.05, 3.63) is 21.4 Å². The van der Waals surface area contributed by atoms with Crippen LogP contribution in [0, 0.1) is 6.92 Å². The van der Waals surface area contributed by atoms with Gasteiger partial charge in [0.25, 0.3) is 5.91 Å². The van der Waals surface area contributed by atoms with E-state index in [0.29, 0.717) is 11.5 Å². The van der Waals surface area contributed by atoms with Crippen LogP contribution in [0.15, 0.2) is 4.47 Å². The Balaban J connectivity index is 3.23. The van der Waals surface area contributed by atoms with Gasteiger partial charge in [0.15, 0.2) is 0 Å². The summed E-state index contributed by atoms with van der Waals surface area (Å²) < 4.78 is 0.817. The summed E-state index contributed by atoms with van der Waals surface area (Å²) in [6.45, 7) is 6.08. The van der Waals surface area contributed by atoms with Crippen molar-refractivity contribution in [2.24, 2.45) is 5.73 Å². The van der Waals surface area contributed by atoms with E-state index in [1.807, 2.05) is 6.92 Å². The van der Waals surface area contributed by atoms with Gasteiger partial charge in [-0.3, -0.25) is 4.79 Å². The molecule has 1 heterocycles. The van der Waals surface area contributed by atoms with Crippen molar-refractivity contribution in [1.29, 1.82) is 0 Å². The third kappa shape index (κ3) is 1.85. The van der Waals surface area contributed by atoms with Crippen LogP contribution in [0.3, 0.4) is 0 Å². The van der Waals surface area contributed by atoms with Gasteiger partial charge in [0, 0.05) is 11.4 Å². The largest absolute Gasteiger partial charge is 0.366 e. The number of aryl methyl sites for hydroxylation is 1. The molecule has 4 heteroatoms. The predicted molar refractivity (Wildman–Crippen MR) is 60.5 cm³/mol. The number of rotatable bonds is 3. The first-order valence-corrected chi connectivity index (χ1v) is 5.46. The van der Waals surface area contributed by atoms with Gasteiger partial charge in [-0.2, -0.15) is 0 Å². The molecular weight excluding hydrogens is 244 g/mol. The van der Waals surface area contributed by atoms with E-state index in [-0.39, 0.29) is 5.91 Å². The van der Waals surface area contributed by atoms with Gasteiger partial charge in [-0.25, -0.2) is 0 Å². The number of hydrogen-bond acceptors (Lipinski definition) is 1. The number of aromatic amines is 1. The molecule has 1 atom stereocenters. The molecule has 0 aliphatic heterocycles. The van der Waals surface area contributed by atoms with Crippen molar-refractivity contribution in [3.63, 3.8) is 0 Å². The molecule has 1 aromatic heterocycles. The van der Waals surface area contributed by atoms with Gasteiger partial charge >= 0.3 is 0 Å². The average molecular weight is 259 g/mol. The molecule has 0 aromatic carbocycles.